The summed E-state index contributed by atoms with van der Waals surface area (Å²) in [6.07, 6.45) is 3.46. The summed E-state index contributed by atoms with van der Waals surface area (Å²) in [6.45, 7) is 4.52. The molecule has 0 saturated carbocycles. The van der Waals surface area contributed by atoms with Gasteiger partial charge in [0.25, 0.3) is 5.91 Å². The topological polar surface area (TPSA) is 71.7 Å². The fraction of sp³-hybridized carbons (Fsp3) is 0.316. The first kappa shape index (κ1) is 16.4. The maximum atomic E-state index is 12.9. The van der Waals surface area contributed by atoms with E-state index in [0.29, 0.717) is 43.5 Å². The third-order valence-electron chi connectivity index (χ3n) is 4.74. The molecule has 4 rings (SSSR count). The van der Waals surface area contributed by atoms with Gasteiger partial charge in [0.15, 0.2) is 5.76 Å². The zero-order valence-corrected chi connectivity index (χ0v) is 14.8. The molecule has 7 heteroatoms. The Bertz CT molecular complexity index is 931. The predicted octanol–water partition coefficient (Wildman–Crippen LogP) is 2.50. The number of hydrogen-bond donors (Lipinski definition) is 0. The Hall–Kier alpha value is -3.09. The molecule has 3 heterocycles. The van der Waals surface area contributed by atoms with Crippen molar-refractivity contribution in [1.29, 1.82) is 0 Å². The normalized spacial score (nSPS) is 14.7. The highest BCUT2D eigenvalue weighted by Crippen LogP contribution is 2.29. The van der Waals surface area contributed by atoms with Crippen molar-refractivity contribution in [2.75, 3.05) is 38.2 Å². The monoisotopic (exact) mass is 352 g/mol. The van der Waals surface area contributed by atoms with Crippen LogP contribution in [-0.4, -0.2) is 54.1 Å². The van der Waals surface area contributed by atoms with Gasteiger partial charge in [0.2, 0.25) is 5.95 Å². The highest BCUT2D eigenvalue weighted by molar-refractivity contribution is 5.99. The van der Waals surface area contributed by atoms with Crippen molar-refractivity contribution in [3.63, 3.8) is 0 Å². The van der Waals surface area contributed by atoms with Gasteiger partial charge in [-0.25, -0.2) is 9.97 Å². The molecular weight excluding hydrogens is 332 g/mol. The van der Waals surface area contributed by atoms with E-state index in [0.717, 1.165) is 16.7 Å². The Morgan fingerprint density at radius 3 is 2.58 bits per heavy atom. The van der Waals surface area contributed by atoms with Gasteiger partial charge in [-0.1, -0.05) is 0 Å². The summed E-state index contributed by atoms with van der Waals surface area (Å²) in [5, 5.41) is 0.907. The van der Waals surface area contributed by atoms with Crippen LogP contribution in [-0.2, 0) is 0 Å². The first-order chi connectivity index (χ1) is 12.7. The summed E-state index contributed by atoms with van der Waals surface area (Å²) in [5.41, 5.74) is 1.54. The van der Waals surface area contributed by atoms with Crippen LogP contribution in [0.5, 0.6) is 5.75 Å². The lowest BCUT2D eigenvalue weighted by molar-refractivity contribution is 0.0715. The van der Waals surface area contributed by atoms with E-state index in [1.807, 2.05) is 30.0 Å². The molecule has 26 heavy (non-hydrogen) atoms. The van der Waals surface area contributed by atoms with Crippen molar-refractivity contribution in [3.8, 4) is 5.75 Å². The number of amides is 1. The maximum absolute atomic E-state index is 12.9. The van der Waals surface area contributed by atoms with Crippen molar-refractivity contribution in [2.24, 2.45) is 0 Å². The molecule has 1 aromatic carbocycles. The number of carbonyl (C=O) groups excluding carboxylic acids is 1. The van der Waals surface area contributed by atoms with E-state index in [1.54, 1.807) is 25.6 Å². The molecule has 1 saturated heterocycles. The second-order valence-corrected chi connectivity index (χ2v) is 6.25. The molecule has 0 radical (unpaired) electrons. The van der Waals surface area contributed by atoms with Gasteiger partial charge in [0.1, 0.15) is 11.3 Å². The maximum Gasteiger partial charge on any atom is 0.290 e. The Morgan fingerprint density at radius 1 is 1.15 bits per heavy atom. The Balaban J connectivity index is 1.52. The summed E-state index contributed by atoms with van der Waals surface area (Å²) >= 11 is 0. The average molecular weight is 352 g/mol. The van der Waals surface area contributed by atoms with Gasteiger partial charge < -0.3 is 19.0 Å². The molecule has 0 spiro atoms. The predicted molar refractivity (Wildman–Crippen MR) is 97.7 cm³/mol. The largest absolute Gasteiger partial charge is 0.497 e. The molecule has 7 nitrogen and oxygen atoms in total. The number of piperazine rings is 1. The summed E-state index contributed by atoms with van der Waals surface area (Å²) in [5.74, 6) is 1.77. The highest BCUT2D eigenvalue weighted by Gasteiger charge is 2.27. The number of aromatic nitrogens is 2. The smallest absolute Gasteiger partial charge is 0.290 e. The number of rotatable bonds is 3. The van der Waals surface area contributed by atoms with Crippen LogP contribution in [0, 0.1) is 6.92 Å². The fourth-order valence-electron chi connectivity index (χ4n) is 3.24. The molecule has 0 unspecified atom stereocenters. The molecular formula is C19H20N4O3. The van der Waals surface area contributed by atoms with Crippen molar-refractivity contribution < 1.29 is 13.9 Å². The molecule has 1 aliphatic heterocycles. The first-order valence-electron chi connectivity index (χ1n) is 8.56. The average Bonchev–Trinajstić information content (AvgIpc) is 3.04. The van der Waals surface area contributed by atoms with Crippen molar-refractivity contribution in [1.82, 2.24) is 14.9 Å². The summed E-state index contributed by atoms with van der Waals surface area (Å²) in [6, 6.07) is 7.36. The van der Waals surface area contributed by atoms with Crippen molar-refractivity contribution in [2.45, 2.75) is 6.92 Å². The van der Waals surface area contributed by atoms with E-state index < -0.39 is 0 Å². The van der Waals surface area contributed by atoms with Gasteiger partial charge in [0, 0.05) is 49.5 Å². The Kier molecular flexibility index (Phi) is 4.20. The molecule has 0 N–H and O–H groups in total. The number of carbonyl (C=O) groups is 1. The fourth-order valence-corrected chi connectivity index (χ4v) is 3.24. The number of methoxy groups -OCH3 is 1. The minimum atomic E-state index is -0.0775. The number of aryl methyl sites for hydroxylation is 1. The van der Waals surface area contributed by atoms with Crippen LogP contribution in [0.25, 0.3) is 11.0 Å². The Morgan fingerprint density at radius 2 is 1.88 bits per heavy atom. The van der Waals surface area contributed by atoms with Crippen LogP contribution < -0.4 is 9.64 Å². The van der Waals surface area contributed by atoms with Gasteiger partial charge in [0.05, 0.1) is 7.11 Å². The van der Waals surface area contributed by atoms with Gasteiger partial charge in [-0.2, -0.15) is 0 Å². The highest BCUT2D eigenvalue weighted by atomic mass is 16.5. The van der Waals surface area contributed by atoms with Crippen LogP contribution >= 0.6 is 0 Å². The van der Waals surface area contributed by atoms with Crippen LogP contribution in [0.2, 0.25) is 0 Å². The van der Waals surface area contributed by atoms with Gasteiger partial charge in [-0.15, -0.1) is 0 Å². The van der Waals surface area contributed by atoms with Crippen molar-refractivity contribution >= 4 is 22.8 Å². The lowest BCUT2D eigenvalue weighted by Crippen LogP contribution is -2.49. The number of anilines is 1. The van der Waals surface area contributed by atoms with Crippen LogP contribution in [0.1, 0.15) is 16.1 Å². The molecule has 0 atom stereocenters. The van der Waals surface area contributed by atoms with E-state index in [-0.39, 0.29) is 5.91 Å². The number of benzene rings is 1. The second kappa shape index (κ2) is 6.67. The number of hydrogen-bond acceptors (Lipinski definition) is 6. The third kappa shape index (κ3) is 2.85. The number of ether oxygens (including phenoxy) is 1. The van der Waals surface area contributed by atoms with E-state index in [9.17, 15) is 4.79 Å². The second-order valence-electron chi connectivity index (χ2n) is 6.25. The van der Waals surface area contributed by atoms with Crippen LogP contribution in [0.15, 0.2) is 41.1 Å². The third-order valence-corrected chi connectivity index (χ3v) is 4.74. The van der Waals surface area contributed by atoms with Gasteiger partial charge in [-0.3, -0.25) is 4.79 Å². The zero-order chi connectivity index (χ0) is 18.1. The van der Waals surface area contributed by atoms with E-state index in [2.05, 4.69) is 14.9 Å². The molecule has 134 valence electrons. The van der Waals surface area contributed by atoms with E-state index in [4.69, 9.17) is 9.15 Å². The Labute approximate surface area is 151 Å². The quantitative estimate of drug-likeness (QED) is 0.721. The summed E-state index contributed by atoms with van der Waals surface area (Å²) < 4.78 is 11.1. The molecule has 1 amide bonds. The first-order valence-corrected chi connectivity index (χ1v) is 8.56. The molecule has 0 bridgehead atoms. The van der Waals surface area contributed by atoms with Crippen LogP contribution in [0.4, 0.5) is 5.95 Å². The molecule has 1 aliphatic rings. The van der Waals surface area contributed by atoms with E-state index in [1.165, 1.54) is 0 Å². The van der Waals surface area contributed by atoms with Gasteiger partial charge >= 0.3 is 0 Å². The molecule has 0 aliphatic carbocycles. The minimum Gasteiger partial charge on any atom is -0.497 e. The summed E-state index contributed by atoms with van der Waals surface area (Å²) in [4.78, 5) is 25.4. The lowest BCUT2D eigenvalue weighted by atomic mass is 10.1. The molecule has 2 aromatic heterocycles. The SMILES string of the molecule is COc1ccc2oc(C(=O)N3CCN(c4ncccn4)CC3)c(C)c2c1. The zero-order valence-electron chi connectivity index (χ0n) is 14.8. The summed E-state index contributed by atoms with van der Waals surface area (Å²) in [7, 11) is 1.62. The molecule has 1 fully saturated rings. The number of fused-ring (bicyclic) bond motifs is 1. The number of nitrogens with zero attached hydrogens (tertiary/aromatic N) is 4. The molecule has 3 aromatic rings. The van der Waals surface area contributed by atoms with Gasteiger partial charge in [-0.05, 0) is 31.2 Å². The number of furan rings is 1. The lowest BCUT2D eigenvalue weighted by Gasteiger charge is -2.34. The van der Waals surface area contributed by atoms with E-state index >= 15 is 0 Å². The van der Waals surface area contributed by atoms with Crippen LogP contribution in [0.3, 0.4) is 0 Å². The standard InChI is InChI=1S/C19H20N4O3/c1-13-15-12-14(25-2)4-5-16(15)26-17(13)18(24)22-8-10-23(11-9-22)19-20-6-3-7-21-19/h3-7,12H,8-11H2,1-2H3. The van der Waals surface area contributed by atoms with Crippen molar-refractivity contribution in [3.05, 3.63) is 48.0 Å². The minimum absolute atomic E-state index is 0.0775.